The molecule has 0 radical (unpaired) electrons. The van der Waals surface area contributed by atoms with Crippen molar-refractivity contribution in [1.29, 1.82) is 0 Å². The van der Waals surface area contributed by atoms with Crippen molar-refractivity contribution in [3.8, 4) is 0 Å². The van der Waals surface area contributed by atoms with Crippen molar-refractivity contribution in [3.63, 3.8) is 0 Å². The first-order chi connectivity index (χ1) is 4.10. The Labute approximate surface area is 62.8 Å². The molecular formula is C5H5Cl2NO. The highest BCUT2D eigenvalue weighted by Crippen LogP contribution is 2.16. The van der Waals surface area contributed by atoms with Crippen molar-refractivity contribution in [2.45, 2.75) is 5.18 Å². The standard InChI is InChI=1S/C5H5Cl2NO/c6-4-2-1-3-5(7,9)8-4/h1-3,8-9H. The minimum Gasteiger partial charge on any atom is -0.355 e. The Kier molecular flexibility index (Phi) is 1.70. The normalized spacial score (nSPS) is 33.4. The van der Waals surface area contributed by atoms with Crippen LogP contribution < -0.4 is 5.32 Å². The minimum absolute atomic E-state index is 0.329. The summed E-state index contributed by atoms with van der Waals surface area (Å²) in [7, 11) is 0. The van der Waals surface area contributed by atoms with E-state index in [4.69, 9.17) is 28.3 Å². The molecule has 0 aromatic carbocycles. The molecule has 50 valence electrons. The van der Waals surface area contributed by atoms with Crippen LogP contribution in [0.5, 0.6) is 0 Å². The molecule has 1 aliphatic heterocycles. The Morgan fingerprint density at radius 1 is 1.67 bits per heavy atom. The zero-order chi connectivity index (χ0) is 6.91. The molecule has 1 heterocycles. The van der Waals surface area contributed by atoms with Crippen LogP contribution in [-0.4, -0.2) is 10.3 Å². The molecule has 0 saturated carbocycles. The van der Waals surface area contributed by atoms with Crippen LogP contribution in [0.1, 0.15) is 0 Å². The quantitative estimate of drug-likeness (QED) is 0.417. The maximum Gasteiger partial charge on any atom is 0.235 e. The number of nitrogens with one attached hydrogen (secondary N) is 1. The van der Waals surface area contributed by atoms with E-state index >= 15 is 0 Å². The first-order valence-electron chi connectivity index (χ1n) is 2.35. The van der Waals surface area contributed by atoms with Gasteiger partial charge in [-0.1, -0.05) is 29.3 Å². The van der Waals surface area contributed by atoms with E-state index in [1.54, 1.807) is 12.2 Å². The molecule has 0 saturated heterocycles. The zero-order valence-corrected chi connectivity index (χ0v) is 5.95. The van der Waals surface area contributed by atoms with Gasteiger partial charge in [-0.2, -0.15) is 0 Å². The number of halogens is 2. The number of dihydropyridines is 1. The monoisotopic (exact) mass is 165 g/mol. The van der Waals surface area contributed by atoms with Crippen molar-refractivity contribution < 1.29 is 5.11 Å². The predicted molar refractivity (Wildman–Crippen MR) is 37.0 cm³/mol. The van der Waals surface area contributed by atoms with Gasteiger partial charge in [0, 0.05) is 0 Å². The largest absolute Gasteiger partial charge is 0.355 e. The average molecular weight is 166 g/mol. The Morgan fingerprint density at radius 2 is 2.33 bits per heavy atom. The topological polar surface area (TPSA) is 32.3 Å². The molecular weight excluding hydrogens is 161 g/mol. The number of alkyl halides is 1. The van der Waals surface area contributed by atoms with Crippen LogP contribution in [0, 0.1) is 0 Å². The van der Waals surface area contributed by atoms with Crippen LogP contribution in [-0.2, 0) is 0 Å². The Hall–Kier alpha value is -0.180. The number of aliphatic hydroxyl groups is 1. The molecule has 0 fully saturated rings. The molecule has 0 aromatic heterocycles. The molecule has 0 bridgehead atoms. The van der Waals surface area contributed by atoms with E-state index in [9.17, 15) is 0 Å². The van der Waals surface area contributed by atoms with Gasteiger partial charge in [-0.25, -0.2) is 0 Å². The zero-order valence-electron chi connectivity index (χ0n) is 4.44. The summed E-state index contributed by atoms with van der Waals surface area (Å²) in [6.07, 6.45) is 4.56. The second kappa shape index (κ2) is 2.21. The van der Waals surface area contributed by atoms with Gasteiger partial charge in [0.25, 0.3) is 0 Å². The first kappa shape index (κ1) is 6.93. The Balaban J connectivity index is 2.73. The smallest absolute Gasteiger partial charge is 0.235 e. The van der Waals surface area contributed by atoms with E-state index in [1.807, 2.05) is 0 Å². The van der Waals surface area contributed by atoms with Crippen molar-refractivity contribution >= 4 is 23.2 Å². The minimum atomic E-state index is -1.51. The van der Waals surface area contributed by atoms with Crippen LogP contribution in [0.4, 0.5) is 0 Å². The molecule has 0 aromatic rings. The van der Waals surface area contributed by atoms with E-state index in [0.29, 0.717) is 5.16 Å². The van der Waals surface area contributed by atoms with E-state index < -0.39 is 5.18 Å². The van der Waals surface area contributed by atoms with Gasteiger partial charge in [0.2, 0.25) is 5.18 Å². The fourth-order valence-corrected chi connectivity index (χ4v) is 0.951. The number of hydrogen-bond acceptors (Lipinski definition) is 2. The Morgan fingerprint density at radius 3 is 2.67 bits per heavy atom. The van der Waals surface area contributed by atoms with Crippen LogP contribution in [0.2, 0.25) is 0 Å². The second-order valence-electron chi connectivity index (χ2n) is 1.67. The number of rotatable bonds is 0. The summed E-state index contributed by atoms with van der Waals surface area (Å²) in [5.41, 5.74) is 0. The third-order valence-corrected chi connectivity index (χ3v) is 1.30. The molecule has 0 spiro atoms. The lowest BCUT2D eigenvalue weighted by Crippen LogP contribution is -2.36. The summed E-state index contributed by atoms with van der Waals surface area (Å²) in [5.74, 6) is 0. The summed E-state index contributed by atoms with van der Waals surface area (Å²) < 4.78 is 0. The molecule has 2 nitrogen and oxygen atoms in total. The van der Waals surface area contributed by atoms with Crippen molar-refractivity contribution in [1.82, 2.24) is 5.32 Å². The summed E-state index contributed by atoms with van der Waals surface area (Å²) in [6, 6.07) is 0. The molecule has 1 aliphatic rings. The lowest BCUT2D eigenvalue weighted by Gasteiger charge is -2.20. The maximum absolute atomic E-state index is 8.99. The van der Waals surface area contributed by atoms with Crippen molar-refractivity contribution in [2.24, 2.45) is 0 Å². The molecule has 1 rings (SSSR count). The average Bonchev–Trinajstić information content (AvgIpc) is 1.60. The third kappa shape index (κ3) is 1.90. The second-order valence-corrected chi connectivity index (χ2v) is 2.66. The maximum atomic E-state index is 8.99. The van der Waals surface area contributed by atoms with Gasteiger partial charge in [-0.3, -0.25) is 0 Å². The fourth-order valence-electron chi connectivity index (χ4n) is 0.511. The third-order valence-electron chi connectivity index (χ3n) is 0.854. The Bertz CT molecular complexity index is 174. The molecule has 0 aliphatic carbocycles. The van der Waals surface area contributed by atoms with Crippen LogP contribution >= 0.6 is 23.2 Å². The lowest BCUT2D eigenvalue weighted by molar-refractivity contribution is 0.154. The SMILES string of the molecule is OC1(Cl)C=CC=C(Cl)N1. The van der Waals surface area contributed by atoms with Gasteiger partial charge in [-0.05, 0) is 12.2 Å². The van der Waals surface area contributed by atoms with Gasteiger partial charge < -0.3 is 10.4 Å². The van der Waals surface area contributed by atoms with Crippen molar-refractivity contribution in [3.05, 3.63) is 23.4 Å². The van der Waals surface area contributed by atoms with Crippen LogP contribution in [0.25, 0.3) is 0 Å². The molecule has 9 heavy (non-hydrogen) atoms. The summed E-state index contributed by atoms with van der Waals surface area (Å²) in [6.45, 7) is 0. The number of hydrogen-bond donors (Lipinski definition) is 2. The van der Waals surface area contributed by atoms with E-state index in [0.717, 1.165) is 0 Å². The van der Waals surface area contributed by atoms with E-state index in [2.05, 4.69) is 5.32 Å². The molecule has 4 heteroatoms. The van der Waals surface area contributed by atoms with Gasteiger partial charge >= 0.3 is 0 Å². The highest BCUT2D eigenvalue weighted by Gasteiger charge is 2.20. The van der Waals surface area contributed by atoms with Crippen LogP contribution in [0.3, 0.4) is 0 Å². The molecule has 1 unspecified atom stereocenters. The van der Waals surface area contributed by atoms with Gasteiger partial charge in [0.05, 0.1) is 0 Å². The van der Waals surface area contributed by atoms with E-state index in [1.165, 1.54) is 6.08 Å². The van der Waals surface area contributed by atoms with Gasteiger partial charge in [0.1, 0.15) is 5.16 Å². The first-order valence-corrected chi connectivity index (χ1v) is 3.10. The van der Waals surface area contributed by atoms with Gasteiger partial charge in [-0.15, -0.1) is 0 Å². The predicted octanol–water partition coefficient (Wildman–Crippen LogP) is 1.11. The highest BCUT2D eigenvalue weighted by molar-refractivity contribution is 6.31. The van der Waals surface area contributed by atoms with Crippen molar-refractivity contribution in [2.75, 3.05) is 0 Å². The molecule has 2 N–H and O–H groups in total. The summed E-state index contributed by atoms with van der Waals surface area (Å²) >= 11 is 10.9. The number of allylic oxidation sites excluding steroid dienone is 2. The van der Waals surface area contributed by atoms with Gasteiger partial charge in [0.15, 0.2) is 0 Å². The highest BCUT2D eigenvalue weighted by atomic mass is 35.5. The molecule has 0 amide bonds. The van der Waals surface area contributed by atoms with Crippen LogP contribution in [0.15, 0.2) is 23.4 Å². The molecule has 1 atom stereocenters. The summed E-state index contributed by atoms with van der Waals surface area (Å²) in [4.78, 5) is 0. The van der Waals surface area contributed by atoms with E-state index in [-0.39, 0.29) is 0 Å². The summed E-state index contributed by atoms with van der Waals surface area (Å²) in [5, 5.41) is 10.2. The lowest BCUT2D eigenvalue weighted by atomic mass is 10.4. The fraction of sp³-hybridized carbons (Fsp3) is 0.200.